The number of rotatable bonds is 6. The Balaban J connectivity index is 1.71. The quantitative estimate of drug-likeness (QED) is 0.277. The minimum atomic E-state index is -2.68. The number of nitrogens with two attached hydrogens (primary N) is 1. The fourth-order valence-electron chi connectivity index (χ4n) is 6.75. The molecule has 0 radical (unpaired) electrons. The SMILES string of the molecule is CN(C)[C@H]1C(=O)C(C(N)=O)=C(O)[C@]2(O)C(=O)C3=C(O)c4c(O)c(CNCC(C)(C)C)cc(-c5ccoc5)c4C[C@@H]3C[C@H]12. The van der Waals surface area contributed by atoms with E-state index < -0.39 is 58.0 Å². The number of phenolic OH excluding ortho intramolecular Hbond substituents is 1. The second-order valence-corrected chi connectivity index (χ2v) is 12.9. The van der Waals surface area contributed by atoms with E-state index in [1.807, 2.05) is 6.07 Å². The van der Waals surface area contributed by atoms with Crippen molar-refractivity contribution in [3.05, 3.63) is 58.3 Å². The molecule has 11 nitrogen and oxygen atoms in total. The summed E-state index contributed by atoms with van der Waals surface area (Å²) in [6.45, 7) is 7.12. The van der Waals surface area contributed by atoms with Crippen molar-refractivity contribution in [1.29, 1.82) is 0 Å². The maximum Gasteiger partial charge on any atom is 0.255 e. The minimum absolute atomic E-state index is 0.0201. The third-order valence-corrected chi connectivity index (χ3v) is 8.60. The molecule has 0 spiro atoms. The summed E-state index contributed by atoms with van der Waals surface area (Å²) in [4.78, 5) is 41.1. The molecule has 2 aromatic rings. The number of hydrogen-bond acceptors (Lipinski definition) is 10. The van der Waals surface area contributed by atoms with Gasteiger partial charge in [-0.2, -0.15) is 0 Å². The number of nitrogens with one attached hydrogen (secondary N) is 1. The predicted molar refractivity (Wildman–Crippen MR) is 153 cm³/mol. The van der Waals surface area contributed by atoms with Gasteiger partial charge in [0.25, 0.3) is 5.91 Å². The first kappa shape index (κ1) is 29.6. The second kappa shape index (κ2) is 10.1. The van der Waals surface area contributed by atoms with Crippen LogP contribution in [-0.4, -0.2) is 75.1 Å². The summed E-state index contributed by atoms with van der Waals surface area (Å²) in [6.07, 6.45) is 3.28. The Kier molecular flexibility index (Phi) is 7.11. The van der Waals surface area contributed by atoms with Crippen LogP contribution in [0.4, 0.5) is 0 Å². The molecule has 0 aliphatic heterocycles. The third kappa shape index (κ3) is 4.43. The number of furan rings is 1. The fraction of sp³-hybridized carbons (Fsp3) is 0.452. The topological polar surface area (TPSA) is 187 Å². The van der Waals surface area contributed by atoms with Crippen molar-refractivity contribution in [3.63, 3.8) is 0 Å². The number of aromatic hydroxyl groups is 1. The van der Waals surface area contributed by atoms with E-state index in [0.29, 0.717) is 28.8 Å². The zero-order valence-corrected chi connectivity index (χ0v) is 24.3. The van der Waals surface area contributed by atoms with Crippen LogP contribution in [0.2, 0.25) is 0 Å². The van der Waals surface area contributed by atoms with Crippen molar-refractivity contribution in [2.24, 2.45) is 23.0 Å². The number of aliphatic hydroxyl groups excluding tert-OH is 2. The predicted octanol–water partition coefficient (Wildman–Crippen LogP) is 2.36. The number of benzene rings is 1. The van der Waals surface area contributed by atoms with Crippen LogP contribution in [0.15, 0.2) is 46.0 Å². The lowest BCUT2D eigenvalue weighted by atomic mass is 9.57. The zero-order chi connectivity index (χ0) is 30.9. The van der Waals surface area contributed by atoms with Crippen molar-refractivity contribution in [1.82, 2.24) is 10.2 Å². The van der Waals surface area contributed by atoms with Crippen LogP contribution >= 0.6 is 0 Å². The van der Waals surface area contributed by atoms with Gasteiger partial charge >= 0.3 is 0 Å². The van der Waals surface area contributed by atoms with Gasteiger partial charge in [-0.15, -0.1) is 0 Å². The number of phenols is 1. The maximum atomic E-state index is 14.1. The minimum Gasteiger partial charge on any atom is -0.508 e. The van der Waals surface area contributed by atoms with Crippen molar-refractivity contribution in [3.8, 4) is 16.9 Å². The summed E-state index contributed by atoms with van der Waals surface area (Å²) >= 11 is 0. The fourth-order valence-corrected chi connectivity index (χ4v) is 6.75. The van der Waals surface area contributed by atoms with E-state index in [4.69, 9.17) is 10.2 Å². The molecule has 4 atom stereocenters. The van der Waals surface area contributed by atoms with E-state index in [0.717, 1.165) is 0 Å². The third-order valence-electron chi connectivity index (χ3n) is 8.60. The molecular formula is C31H37N3O8. The lowest BCUT2D eigenvalue weighted by Gasteiger charge is -2.50. The maximum absolute atomic E-state index is 14.1. The Morgan fingerprint density at radius 1 is 1.21 bits per heavy atom. The number of ketones is 2. The first-order valence-electron chi connectivity index (χ1n) is 13.8. The number of likely N-dealkylation sites (N-methyl/N-ethyl adjacent to an activating group) is 1. The number of carbonyl (C=O) groups is 3. The van der Waals surface area contributed by atoms with Gasteiger partial charge in [0, 0.05) is 35.7 Å². The molecule has 1 aromatic heterocycles. The van der Waals surface area contributed by atoms with Crippen LogP contribution in [0.3, 0.4) is 0 Å². The molecule has 1 heterocycles. The van der Waals surface area contributed by atoms with Gasteiger partial charge in [0.1, 0.15) is 22.8 Å². The van der Waals surface area contributed by atoms with E-state index in [2.05, 4.69) is 26.1 Å². The number of hydrogen-bond donors (Lipinski definition) is 6. The molecule has 7 N–H and O–H groups in total. The molecule has 5 rings (SSSR count). The van der Waals surface area contributed by atoms with Gasteiger partial charge in [0.05, 0.1) is 24.1 Å². The highest BCUT2D eigenvalue weighted by atomic mass is 16.3. The van der Waals surface area contributed by atoms with Gasteiger partial charge in [-0.05, 0) is 61.5 Å². The average Bonchev–Trinajstić information content (AvgIpc) is 3.41. The van der Waals surface area contributed by atoms with E-state index in [1.165, 1.54) is 11.2 Å². The van der Waals surface area contributed by atoms with Crippen LogP contribution in [0.1, 0.15) is 43.9 Å². The molecule has 1 saturated carbocycles. The number of amides is 1. The van der Waals surface area contributed by atoms with Crippen LogP contribution in [0, 0.1) is 17.3 Å². The first-order chi connectivity index (χ1) is 19.6. The lowest BCUT2D eigenvalue weighted by molar-refractivity contribution is -0.153. The molecule has 3 aliphatic carbocycles. The van der Waals surface area contributed by atoms with E-state index in [1.54, 1.807) is 26.4 Å². The Morgan fingerprint density at radius 2 is 1.90 bits per heavy atom. The van der Waals surface area contributed by atoms with Crippen LogP contribution < -0.4 is 11.1 Å². The first-order valence-corrected chi connectivity index (χ1v) is 13.8. The summed E-state index contributed by atoms with van der Waals surface area (Å²) in [6, 6.07) is 2.45. The lowest BCUT2D eigenvalue weighted by Crippen LogP contribution is -2.65. The molecule has 224 valence electrons. The number of carbonyl (C=O) groups excluding carboxylic acids is 3. The summed E-state index contributed by atoms with van der Waals surface area (Å²) in [5.74, 6) is -6.74. The highest BCUT2D eigenvalue weighted by Gasteiger charge is 2.64. The van der Waals surface area contributed by atoms with Gasteiger partial charge in [-0.3, -0.25) is 19.3 Å². The summed E-state index contributed by atoms with van der Waals surface area (Å²) in [5.41, 5.74) is 4.19. The van der Waals surface area contributed by atoms with Crippen LogP contribution in [0.25, 0.3) is 16.9 Å². The molecule has 0 bridgehead atoms. The Labute approximate surface area is 243 Å². The number of nitrogens with zero attached hydrogens (tertiary/aromatic N) is 1. The second-order valence-electron chi connectivity index (χ2n) is 12.9. The van der Waals surface area contributed by atoms with Crippen molar-refractivity contribution in [2.75, 3.05) is 20.6 Å². The van der Waals surface area contributed by atoms with Gasteiger partial charge in [-0.25, -0.2) is 0 Å². The average molecular weight is 580 g/mol. The Bertz CT molecular complexity index is 1550. The van der Waals surface area contributed by atoms with Gasteiger partial charge in [-0.1, -0.05) is 20.8 Å². The van der Waals surface area contributed by atoms with Crippen molar-refractivity contribution in [2.45, 2.75) is 51.8 Å². The number of aliphatic hydroxyl groups is 3. The molecular weight excluding hydrogens is 542 g/mol. The Hall–Kier alpha value is -3.93. The number of primary amides is 1. The van der Waals surface area contributed by atoms with Gasteiger partial charge < -0.3 is 35.9 Å². The molecule has 0 unspecified atom stereocenters. The number of fused-ring (bicyclic) bond motifs is 3. The molecule has 3 aliphatic rings. The normalized spacial score (nSPS) is 25.9. The van der Waals surface area contributed by atoms with Crippen LogP contribution in [-0.2, 0) is 27.3 Å². The van der Waals surface area contributed by atoms with Crippen molar-refractivity contribution < 1.29 is 39.2 Å². The largest absolute Gasteiger partial charge is 0.508 e. The monoisotopic (exact) mass is 579 g/mol. The molecule has 1 fully saturated rings. The molecule has 42 heavy (non-hydrogen) atoms. The van der Waals surface area contributed by atoms with Crippen molar-refractivity contribution >= 4 is 23.2 Å². The smallest absolute Gasteiger partial charge is 0.255 e. The van der Waals surface area contributed by atoms with E-state index >= 15 is 0 Å². The van der Waals surface area contributed by atoms with Gasteiger partial charge in [0.15, 0.2) is 11.4 Å². The van der Waals surface area contributed by atoms with Gasteiger partial charge in [0.2, 0.25) is 5.78 Å². The molecule has 0 saturated heterocycles. The number of Topliss-reactive ketones (excluding diaryl/α,β-unsaturated/α-hetero) is 2. The summed E-state index contributed by atoms with van der Waals surface area (Å²) in [5, 5.41) is 49.3. The summed E-state index contributed by atoms with van der Waals surface area (Å²) in [7, 11) is 3.13. The zero-order valence-electron chi connectivity index (χ0n) is 24.3. The highest BCUT2D eigenvalue weighted by Crippen LogP contribution is 2.54. The Morgan fingerprint density at radius 3 is 2.48 bits per heavy atom. The van der Waals surface area contributed by atoms with Crippen LogP contribution in [0.5, 0.6) is 5.75 Å². The molecule has 1 aromatic carbocycles. The standard InChI is InChI=1S/C31H37N3O8/c1-30(2,3)13-33-11-16-9-17(14-6-7-42-12-14)18-8-15-10-19-23(34(4)5)26(37)22(29(32)40)28(39)31(19,41)27(38)20(15)25(36)21(18)24(16)35/h6-7,9,12,15,19,23,33,35-36,39,41H,8,10-11,13H2,1-5H3,(H2,32,40)/t15-,19-,23-,31-/m1/s1. The highest BCUT2D eigenvalue weighted by molar-refractivity contribution is 6.24. The summed E-state index contributed by atoms with van der Waals surface area (Å²) < 4.78 is 5.33. The molecule has 1 amide bonds. The molecule has 11 heteroatoms. The van der Waals surface area contributed by atoms with E-state index in [-0.39, 0.29) is 41.7 Å². The van der Waals surface area contributed by atoms with E-state index in [9.17, 15) is 34.8 Å².